The first kappa shape index (κ1) is 9.84. The first-order valence-electron chi connectivity index (χ1n) is 5.17. The molecule has 0 saturated carbocycles. The maximum atomic E-state index is 4.39. The van der Waals surface area contributed by atoms with Gasteiger partial charge >= 0.3 is 0 Å². The minimum absolute atomic E-state index is 0.934. The van der Waals surface area contributed by atoms with Gasteiger partial charge in [-0.3, -0.25) is 9.97 Å². The number of hydrogen-bond acceptors (Lipinski definition) is 2. The van der Waals surface area contributed by atoms with Crippen molar-refractivity contribution in [3.05, 3.63) is 47.8 Å². The Kier molecular flexibility index (Phi) is 2.77. The van der Waals surface area contributed by atoms with Gasteiger partial charge in [-0.05, 0) is 36.6 Å². The van der Waals surface area contributed by atoms with E-state index in [4.69, 9.17) is 0 Å². The number of rotatable bonds is 2. The van der Waals surface area contributed by atoms with Gasteiger partial charge in [0, 0.05) is 12.4 Å². The average molecular weight is 198 g/mol. The Balaban J connectivity index is 2.33. The molecule has 2 heteroatoms. The minimum Gasteiger partial charge on any atom is -0.254 e. The molecule has 76 valence electrons. The van der Waals surface area contributed by atoms with Crippen molar-refractivity contribution < 1.29 is 0 Å². The van der Waals surface area contributed by atoms with Gasteiger partial charge < -0.3 is 0 Å². The van der Waals surface area contributed by atoms with E-state index in [-0.39, 0.29) is 0 Å². The number of aromatic nitrogens is 2. The third-order valence-corrected chi connectivity index (χ3v) is 2.41. The summed E-state index contributed by atoms with van der Waals surface area (Å²) in [4.78, 5) is 8.73. The fourth-order valence-electron chi connectivity index (χ4n) is 1.40. The van der Waals surface area contributed by atoms with E-state index >= 15 is 0 Å². The highest BCUT2D eigenvalue weighted by Crippen LogP contribution is 2.14. The third-order valence-electron chi connectivity index (χ3n) is 2.41. The van der Waals surface area contributed by atoms with E-state index in [1.165, 1.54) is 11.1 Å². The zero-order chi connectivity index (χ0) is 10.7. The van der Waals surface area contributed by atoms with Gasteiger partial charge in [-0.1, -0.05) is 19.1 Å². The van der Waals surface area contributed by atoms with Crippen LogP contribution in [0.5, 0.6) is 0 Å². The maximum Gasteiger partial charge on any atom is 0.0886 e. The summed E-state index contributed by atoms with van der Waals surface area (Å²) in [6.07, 6.45) is 4.80. The van der Waals surface area contributed by atoms with Gasteiger partial charge in [0.25, 0.3) is 0 Å². The molecule has 0 amide bonds. The van der Waals surface area contributed by atoms with E-state index in [0.717, 1.165) is 17.8 Å². The number of nitrogens with zero attached hydrogens (tertiary/aromatic N) is 2. The van der Waals surface area contributed by atoms with Crippen LogP contribution in [0.1, 0.15) is 18.1 Å². The second kappa shape index (κ2) is 4.22. The molecule has 0 spiro atoms. The summed E-state index contributed by atoms with van der Waals surface area (Å²) in [5, 5.41) is 0. The highest BCUT2D eigenvalue weighted by Gasteiger charge is 1.99. The molecule has 0 bridgehead atoms. The van der Waals surface area contributed by atoms with Crippen molar-refractivity contribution >= 4 is 0 Å². The molecule has 0 aliphatic heterocycles. The molecule has 0 unspecified atom stereocenters. The first-order valence-corrected chi connectivity index (χ1v) is 5.17. The van der Waals surface area contributed by atoms with E-state index in [2.05, 4.69) is 29.0 Å². The largest absolute Gasteiger partial charge is 0.254 e. The van der Waals surface area contributed by atoms with Gasteiger partial charge in [0.05, 0.1) is 11.4 Å². The lowest BCUT2D eigenvalue weighted by molar-refractivity contribution is 1.10. The van der Waals surface area contributed by atoms with Crippen LogP contribution in [-0.2, 0) is 6.42 Å². The first-order chi connectivity index (χ1) is 7.29. The molecule has 0 aliphatic rings. The summed E-state index contributed by atoms with van der Waals surface area (Å²) in [6, 6.07) is 8.18. The van der Waals surface area contributed by atoms with Gasteiger partial charge in [0.15, 0.2) is 0 Å². The second-order valence-electron chi connectivity index (χ2n) is 3.63. The number of pyridine rings is 2. The Morgan fingerprint density at radius 2 is 1.60 bits per heavy atom. The predicted molar refractivity (Wildman–Crippen MR) is 61.6 cm³/mol. The molecular formula is C13H14N2. The monoisotopic (exact) mass is 198 g/mol. The molecule has 0 atom stereocenters. The molecule has 2 aromatic rings. The van der Waals surface area contributed by atoms with Crippen molar-refractivity contribution in [2.24, 2.45) is 0 Å². The molecular weight excluding hydrogens is 184 g/mol. The van der Waals surface area contributed by atoms with Crippen LogP contribution in [0.25, 0.3) is 11.4 Å². The summed E-state index contributed by atoms with van der Waals surface area (Å²) in [6.45, 7) is 4.16. The standard InChI is InChI=1S/C13H14N2/c1-3-11-5-7-13(15-9-11)12-6-4-10(2)8-14-12/h4-9H,3H2,1-2H3. The molecule has 2 rings (SSSR count). The van der Waals surface area contributed by atoms with Crippen LogP contribution in [-0.4, -0.2) is 9.97 Å². The Bertz CT molecular complexity index is 429. The molecule has 0 aromatic carbocycles. The number of hydrogen-bond donors (Lipinski definition) is 0. The van der Waals surface area contributed by atoms with Gasteiger partial charge in [0.2, 0.25) is 0 Å². The SMILES string of the molecule is CCc1ccc(-c2ccc(C)cn2)nc1. The van der Waals surface area contributed by atoms with E-state index in [1.807, 2.05) is 31.5 Å². The van der Waals surface area contributed by atoms with Crippen LogP contribution in [0.4, 0.5) is 0 Å². The summed E-state index contributed by atoms with van der Waals surface area (Å²) >= 11 is 0. The summed E-state index contributed by atoms with van der Waals surface area (Å²) in [7, 11) is 0. The quantitative estimate of drug-likeness (QED) is 0.741. The summed E-state index contributed by atoms with van der Waals surface area (Å²) in [5.41, 5.74) is 4.30. The molecule has 0 N–H and O–H groups in total. The van der Waals surface area contributed by atoms with Gasteiger partial charge in [-0.2, -0.15) is 0 Å². The summed E-state index contributed by atoms with van der Waals surface area (Å²) in [5.74, 6) is 0. The lowest BCUT2D eigenvalue weighted by atomic mass is 10.2. The van der Waals surface area contributed by atoms with Gasteiger partial charge in [-0.15, -0.1) is 0 Å². The second-order valence-corrected chi connectivity index (χ2v) is 3.63. The zero-order valence-corrected chi connectivity index (χ0v) is 9.07. The molecule has 2 aromatic heterocycles. The van der Waals surface area contributed by atoms with Crippen molar-refractivity contribution in [2.45, 2.75) is 20.3 Å². The third kappa shape index (κ3) is 2.21. The van der Waals surface area contributed by atoms with Crippen molar-refractivity contribution in [1.82, 2.24) is 9.97 Å². The van der Waals surface area contributed by atoms with Crippen LogP contribution in [0, 0.1) is 6.92 Å². The van der Waals surface area contributed by atoms with E-state index in [0.29, 0.717) is 0 Å². The molecule has 0 fully saturated rings. The molecule has 0 radical (unpaired) electrons. The van der Waals surface area contributed by atoms with Crippen LogP contribution in [0.2, 0.25) is 0 Å². The molecule has 0 aliphatic carbocycles. The van der Waals surface area contributed by atoms with Crippen LogP contribution in [0.3, 0.4) is 0 Å². The smallest absolute Gasteiger partial charge is 0.0886 e. The van der Waals surface area contributed by atoms with Crippen molar-refractivity contribution in [1.29, 1.82) is 0 Å². The molecule has 15 heavy (non-hydrogen) atoms. The van der Waals surface area contributed by atoms with Gasteiger partial charge in [-0.25, -0.2) is 0 Å². The number of aryl methyl sites for hydroxylation is 2. The fraction of sp³-hybridized carbons (Fsp3) is 0.231. The normalized spacial score (nSPS) is 10.3. The van der Waals surface area contributed by atoms with E-state index in [9.17, 15) is 0 Å². The van der Waals surface area contributed by atoms with Crippen molar-refractivity contribution in [3.8, 4) is 11.4 Å². The van der Waals surface area contributed by atoms with Crippen LogP contribution < -0.4 is 0 Å². The predicted octanol–water partition coefficient (Wildman–Crippen LogP) is 3.01. The average Bonchev–Trinajstić information content (AvgIpc) is 2.30. The Morgan fingerprint density at radius 1 is 0.933 bits per heavy atom. The molecule has 2 nitrogen and oxygen atoms in total. The van der Waals surface area contributed by atoms with Crippen molar-refractivity contribution in [3.63, 3.8) is 0 Å². The Labute approximate surface area is 90.0 Å². The lowest BCUT2D eigenvalue weighted by Gasteiger charge is -2.01. The highest BCUT2D eigenvalue weighted by molar-refractivity contribution is 5.53. The Morgan fingerprint density at radius 3 is 2.07 bits per heavy atom. The van der Waals surface area contributed by atoms with Crippen LogP contribution >= 0.6 is 0 Å². The van der Waals surface area contributed by atoms with E-state index < -0.39 is 0 Å². The van der Waals surface area contributed by atoms with Gasteiger partial charge in [0.1, 0.15) is 0 Å². The lowest BCUT2D eigenvalue weighted by Crippen LogP contribution is -1.89. The van der Waals surface area contributed by atoms with E-state index in [1.54, 1.807) is 0 Å². The highest BCUT2D eigenvalue weighted by atomic mass is 14.8. The van der Waals surface area contributed by atoms with Crippen molar-refractivity contribution in [2.75, 3.05) is 0 Å². The fourth-order valence-corrected chi connectivity index (χ4v) is 1.40. The minimum atomic E-state index is 0.934. The summed E-state index contributed by atoms with van der Waals surface area (Å²) < 4.78 is 0. The maximum absolute atomic E-state index is 4.39. The topological polar surface area (TPSA) is 25.8 Å². The molecule has 2 heterocycles. The Hall–Kier alpha value is -1.70. The van der Waals surface area contributed by atoms with Crippen LogP contribution in [0.15, 0.2) is 36.7 Å². The zero-order valence-electron chi connectivity index (χ0n) is 9.07. The molecule has 0 saturated heterocycles.